The van der Waals surface area contributed by atoms with Gasteiger partial charge in [0.1, 0.15) is 6.29 Å². The maximum atomic E-state index is 10.6. The minimum Gasteiger partial charge on any atom is -0.298 e. The van der Waals surface area contributed by atoms with Gasteiger partial charge in [0.15, 0.2) is 0 Å². The van der Waals surface area contributed by atoms with E-state index in [1.807, 2.05) is 6.92 Å². The molecule has 0 aromatic heterocycles. The van der Waals surface area contributed by atoms with Crippen molar-refractivity contribution in [3.05, 3.63) is 11.1 Å². The summed E-state index contributed by atoms with van der Waals surface area (Å²) in [6.07, 6.45) is 6.46. The molecule has 0 aliphatic heterocycles. The van der Waals surface area contributed by atoms with E-state index in [9.17, 15) is 4.79 Å². The molecule has 0 amide bonds. The van der Waals surface area contributed by atoms with Crippen molar-refractivity contribution in [3.63, 3.8) is 0 Å². The number of rotatable bonds is 6. The molecule has 0 spiro atoms. The van der Waals surface area contributed by atoms with E-state index < -0.39 is 0 Å². The Morgan fingerprint density at radius 2 is 1.83 bits per heavy atom. The summed E-state index contributed by atoms with van der Waals surface area (Å²) in [5.41, 5.74) is 2.38. The fraction of sp³-hybridized carbons (Fsp3) is 0.727. The standard InChI is InChI=1S/C11H20O/c1-4-7-8-10(5-2)11(6-3)9-12/h9H,4-8H2,1-3H3. The Balaban J connectivity index is 4.24. The van der Waals surface area contributed by atoms with Gasteiger partial charge in [-0.25, -0.2) is 0 Å². The van der Waals surface area contributed by atoms with Crippen molar-refractivity contribution in [3.8, 4) is 0 Å². The van der Waals surface area contributed by atoms with Crippen molar-refractivity contribution in [2.45, 2.75) is 52.9 Å². The van der Waals surface area contributed by atoms with E-state index in [4.69, 9.17) is 0 Å². The Kier molecular flexibility index (Phi) is 6.73. The van der Waals surface area contributed by atoms with E-state index in [2.05, 4.69) is 13.8 Å². The molecule has 0 fully saturated rings. The number of carbonyl (C=O) groups is 1. The first-order chi connectivity index (χ1) is 5.79. The van der Waals surface area contributed by atoms with Crippen molar-refractivity contribution in [1.82, 2.24) is 0 Å². The molecule has 1 heteroatoms. The first kappa shape index (κ1) is 11.4. The first-order valence-electron chi connectivity index (χ1n) is 4.96. The molecular formula is C11H20O. The highest BCUT2D eigenvalue weighted by Gasteiger charge is 2.01. The number of unbranched alkanes of at least 4 members (excludes halogenated alkanes) is 1. The summed E-state index contributed by atoms with van der Waals surface area (Å²) in [5, 5.41) is 0. The first-order valence-corrected chi connectivity index (χ1v) is 4.96. The zero-order chi connectivity index (χ0) is 9.40. The molecule has 0 aliphatic rings. The van der Waals surface area contributed by atoms with Gasteiger partial charge in [-0.2, -0.15) is 0 Å². The summed E-state index contributed by atoms with van der Waals surface area (Å²) in [5.74, 6) is 0. The second-order valence-electron chi connectivity index (χ2n) is 3.06. The number of hydrogen-bond acceptors (Lipinski definition) is 1. The average molecular weight is 168 g/mol. The van der Waals surface area contributed by atoms with Crippen LogP contribution in [0.15, 0.2) is 11.1 Å². The summed E-state index contributed by atoms with van der Waals surface area (Å²) in [6.45, 7) is 6.36. The largest absolute Gasteiger partial charge is 0.298 e. The predicted octanol–water partition coefficient (Wildman–Crippen LogP) is 3.49. The van der Waals surface area contributed by atoms with Gasteiger partial charge in [-0.3, -0.25) is 4.79 Å². The van der Waals surface area contributed by atoms with Gasteiger partial charge in [0, 0.05) is 0 Å². The second-order valence-corrected chi connectivity index (χ2v) is 3.06. The SMILES string of the molecule is CCCCC(CC)=C(C=O)CC. The van der Waals surface area contributed by atoms with Crippen LogP contribution in [0.1, 0.15) is 52.9 Å². The summed E-state index contributed by atoms with van der Waals surface area (Å²) in [4.78, 5) is 10.6. The molecule has 0 saturated carbocycles. The zero-order valence-corrected chi connectivity index (χ0v) is 8.52. The third kappa shape index (κ3) is 3.70. The molecule has 0 aliphatic carbocycles. The normalized spacial score (nSPS) is 12.6. The van der Waals surface area contributed by atoms with Crippen molar-refractivity contribution in [1.29, 1.82) is 0 Å². The highest BCUT2D eigenvalue weighted by atomic mass is 16.1. The maximum Gasteiger partial charge on any atom is 0.145 e. The van der Waals surface area contributed by atoms with E-state index in [0.717, 1.165) is 31.1 Å². The van der Waals surface area contributed by atoms with Gasteiger partial charge in [-0.05, 0) is 31.3 Å². The maximum absolute atomic E-state index is 10.6. The minimum atomic E-state index is 0.885. The van der Waals surface area contributed by atoms with Crippen LogP contribution in [0.5, 0.6) is 0 Å². The molecule has 70 valence electrons. The highest BCUT2D eigenvalue weighted by Crippen LogP contribution is 2.16. The van der Waals surface area contributed by atoms with Gasteiger partial charge in [0.2, 0.25) is 0 Å². The summed E-state index contributed by atoms with van der Waals surface area (Å²) in [7, 11) is 0. The van der Waals surface area contributed by atoms with E-state index >= 15 is 0 Å². The van der Waals surface area contributed by atoms with Crippen LogP contribution in [-0.2, 0) is 4.79 Å². The van der Waals surface area contributed by atoms with Crippen LogP contribution in [0, 0.1) is 0 Å². The molecule has 0 atom stereocenters. The van der Waals surface area contributed by atoms with Crippen LogP contribution in [0.4, 0.5) is 0 Å². The quantitative estimate of drug-likeness (QED) is 0.438. The average Bonchev–Trinajstić information content (AvgIpc) is 2.12. The summed E-state index contributed by atoms with van der Waals surface area (Å²) >= 11 is 0. The van der Waals surface area contributed by atoms with Crippen LogP contribution in [0.2, 0.25) is 0 Å². The lowest BCUT2D eigenvalue weighted by Gasteiger charge is -2.06. The van der Waals surface area contributed by atoms with Crippen LogP contribution >= 0.6 is 0 Å². The zero-order valence-electron chi connectivity index (χ0n) is 8.52. The Morgan fingerprint density at radius 1 is 1.17 bits per heavy atom. The third-order valence-electron chi connectivity index (χ3n) is 2.24. The molecule has 0 saturated heterocycles. The smallest absolute Gasteiger partial charge is 0.145 e. The van der Waals surface area contributed by atoms with Crippen LogP contribution in [-0.4, -0.2) is 6.29 Å². The third-order valence-corrected chi connectivity index (χ3v) is 2.24. The molecule has 0 heterocycles. The number of hydrogen-bond donors (Lipinski definition) is 0. The van der Waals surface area contributed by atoms with E-state index in [1.165, 1.54) is 18.4 Å². The Bertz CT molecular complexity index is 156. The lowest BCUT2D eigenvalue weighted by atomic mass is 9.99. The Morgan fingerprint density at radius 3 is 2.17 bits per heavy atom. The molecule has 0 radical (unpaired) electrons. The molecule has 12 heavy (non-hydrogen) atoms. The van der Waals surface area contributed by atoms with Crippen LogP contribution in [0.25, 0.3) is 0 Å². The molecule has 0 N–H and O–H groups in total. The fourth-order valence-corrected chi connectivity index (χ4v) is 1.37. The summed E-state index contributed by atoms with van der Waals surface area (Å²) in [6, 6.07) is 0. The molecule has 0 aromatic carbocycles. The predicted molar refractivity (Wildman–Crippen MR) is 53.2 cm³/mol. The lowest BCUT2D eigenvalue weighted by Crippen LogP contribution is -1.92. The van der Waals surface area contributed by atoms with Gasteiger partial charge in [0.25, 0.3) is 0 Å². The van der Waals surface area contributed by atoms with Crippen molar-refractivity contribution in [2.75, 3.05) is 0 Å². The van der Waals surface area contributed by atoms with Gasteiger partial charge >= 0.3 is 0 Å². The highest BCUT2D eigenvalue weighted by molar-refractivity contribution is 5.74. The van der Waals surface area contributed by atoms with Crippen LogP contribution in [0.3, 0.4) is 0 Å². The fourth-order valence-electron chi connectivity index (χ4n) is 1.37. The number of carbonyl (C=O) groups excluding carboxylic acids is 1. The number of aldehydes is 1. The molecule has 0 aromatic rings. The minimum absolute atomic E-state index is 0.885. The summed E-state index contributed by atoms with van der Waals surface area (Å²) < 4.78 is 0. The van der Waals surface area contributed by atoms with Crippen LogP contribution < -0.4 is 0 Å². The van der Waals surface area contributed by atoms with E-state index in [-0.39, 0.29) is 0 Å². The Labute approximate surface area is 75.9 Å². The van der Waals surface area contributed by atoms with Gasteiger partial charge in [-0.15, -0.1) is 0 Å². The lowest BCUT2D eigenvalue weighted by molar-refractivity contribution is -0.105. The van der Waals surface area contributed by atoms with Gasteiger partial charge < -0.3 is 0 Å². The molecule has 0 rings (SSSR count). The molecule has 0 bridgehead atoms. The molecule has 1 nitrogen and oxygen atoms in total. The van der Waals surface area contributed by atoms with Crippen molar-refractivity contribution < 1.29 is 4.79 Å². The second kappa shape index (κ2) is 7.08. The molecular weight excluding hydrogens is 148 g/mol. The van der Waals surface area contributed by atoms with E-state index in [1.54, 1.807) is 0 Å². The monoisotopic (exact) mass is 168 g/mol. The number of allylic oxidation sites excluding steroid dienone is 2. The van der Waals surface area contributed by atoms with Crippen molar-refractivity contribution in [2.24, 2.45) is 0 Å². The Hall–Kier alpha value is -0.590. The topological polar surface area (TPSA) is 17.1 Å². The van der Waals surface area contributed by atoms with Gasteiger partial charge in [0.05, 0.1) is 0 Å². The van der Waals surface area contributed by atoms with E-state index in [0.29, 0.717) is 0 Å². The molecule has 0 unspecified atom stereocenters. The van der Waals surface area contributed by atoms with Crippen molar-refractivity contribution >= 4 is 6.29 Å². The van der Waals surface area contributed by atoms with Gasteiger partial charge in [-0.1, -0.05) is 32.8 Å².